The standard InChI is InChI=1S/C12H13NO.C2H6/c1-9(14)13-12-8-4-6-10-5-2-3-7-11(10)12;1-2/h3-4,6-8H,2,5H2,1H3,(H,13,14);1-2H3. The van der Waals surface area contributed by atoms with Crippen molar-refractivity contribution in [2.75, 3.05) is 5.32 Å². The van der Waals surface area contributed by atoms with Gasteiger partial charge in [0.2, 0.25) is 5.91 Å². The van der Waals surface area contributed by atoms with Gasteiger partial charge in [0, 0.05) is 18.2 Å². The van der Waals surface area contributed by atoms with Crippen LogP contribution in [0.15, 0.2) is 24.3 Å². The lowest BCUT2D eigenvalue weighted by atomic mass is 9.96. The molecule has 0 fully saturated rings. The topological polar surface area (TPSA) is 29.1 Å². The summed E-state index contributed by atoms with van der Waals surface area (Å²) in [6.45, 7) is 5.53. The van der Waals surface area contributed by atoms with E-state index in [-0.39, 0.29) is 5.91 Å². The molecular formula is C14H19NO. The Kier molecular flexibility index (Phi) is 4.77. The fourth-order valence-electron chi connectivity index (χ4n) is 1.77. The van der Waals surface area contributed by atoms with Gasteiger partial charge in [-0.05, 0) is 24.5 Å². The highest BCUT2D eigenvalue weighted by molar-refractivity contribution is 5.91. The zero-order valence-electron chi connectivity index (χ0n) is 10.2. The van der Waals surface area contributed by atoms with Crippen LogP contribution < -0.4 is 5.32 Å². The van der Waals surface area contributed by atoms with Gasteiger partial charge >= 0.3 is 0 Å². The Morgan fingerprint density at radius 2 is 2.06 bits per heavy atom. The molecule has 0 heterocycles. The van der Waals surface area contributed by atoms with Gasteiger partial charge in [-0.2, -0.15) is 0 Å². The second-order valence-corrected chi connectivity index (χ2v) is 3.50. The summed E-state index contributed by atoms with van der Waals surface area (Å²) in [6.07, 6.45) is 6.40. The smallest absolute Gasteiger partial charge is 0.221 e. The van der Waals surface area contributed by atoms with E-state index in [1.807, 2.05) is 26.0 Å². The second kappa shape index (κ2) is 6.11. The molecule has 0 unspecified atom stereocenters. The Morgan fingerprint density at radius 3 is 2.75 bits per heavy atom. The number of hydrogen-bond donors (Lipinski definition) is 1. The number of fused-ring (bicyclic) bond motifs is 1. The molecule has 0 spiro atoms. The van der Waals surface area contributed by atoms with Gasteiger partial charge in [-0.25, -0.2) is 0 Å². The minimum atomic E-state index is -0.0163. The molecule has 2 heteroatoms. The fourth-order valence-corrected chi connectivity index (χ4v) is 1.77. The van der Waals surface area contributed by atoms with Crippen LogP contribution in [-0.4, -0.2) is 5.91 Å². The molecule has 16 heavy (non-hydrogen) atoms. The largest absolute Gasteiger partial charge is 0.326 e. The molecule has 2 nitrogen and oxygen atoms in total. The first-order valence-corrected chi connectivity index (χ1v) is 5.83. The maximum Gasteiger partial charge on any atom is 0.221 e. The van der Waals surface area contributed by atoms with Crippen molar-refractivity contribution in [3.05, 3.63) is 35.4 Å². The number of rotatable bonds is 1. The van der Waals surface area contributed by atoms with E-state index in [0.29, 0.717) is 0 Å². The molecule has 1 aromatic carbocycles. The molecule has 0 saturated heterocycles. The van der Waals surface area contributed by atoms with E-state index in [1.165, 1.54) is 12.5 Å². The van der Waals surface area contributed by atoms with Crippen molar-refractivity contribution in [3.63, 3.8) is 0 Å². The molecule has 2 rings (SSSR count). The first-order chi connectivity index (χ1) is 7.77. The normalized spacial score (nSPS) is 12.2. The van der Waals surface area contributed by atoms with Crippen molar-refractivity contribution in [2.45, 2.75) is 33.6 Å². The summed E-state index contributed by atoms with van der Waals surface area (Å²) in [5.41, 5.74) is 3.40. The number of anilines is 1. The Bertz CT molecular complexity index is 394. The molecule has 0 radical (unpaired) electrons. The van der Waals surface area contributed by atoms with Crippen molar-refractivity contribution in [3.8, 4) is 0 Å². The fraction of sp³-hybridized carbons (Fsp3) is 0.357. The van der Waals surface area contributed by atoms with Crippen molar-refractivity contribution < 1.29 is 4.79 Å². The van der Waals surface area contributed by atoms with Crippen LogP contribution in [0.25, 0.3) is 6.08 Å². The average Bonchev–Trinajstić information content (AvgIpc) is 2.31. The van der Waals surface area contributed by atoms with E-state index in [1.54, 1.807) is 0 Å². The molecular weight excluding hydrogens is 198 g/mol. The molecule has 0 aliphatic heterocycles. The number of carbonyl (C=O) groups excluding carboxylic acids is 1. The number of benzene rings is 1. The average molecular weight is 217 g/mol. The number of hydrogen-bond acceptors (Lipinski definition) is 1. The summed E-state index contributed by atoms with van der Waals surface area (Å²) in [6, 6.07) is 6.04. The maximum absolute atomic E-state index is 11.0. The zero-order valence-corrected chi connectivity index (χ0v) is 10.2. The minimum absolute atomic E-state index is 0.0163. The third-order valence-electron chi connectivity index (χ3n) is 2.37. The van der Waals surface area contributed by atoms with Gasteiger partial charge in [-0.15, -0.1) is 0 Å². The van der Waals surface area contributed by atoms with Gasteiger partial charge in [0.05, 0.1) is 0 Å². The van der Waals surface area contributed by atoms with E-state index >= 15 is 0 Å². The van der Waals surface area contributed by atoms with Gasteiger partial charge in [-0.3, -0.25) is 4.79 Å². The molecule has 0 saturated carbocycles. The minimum Gasteiger partial charge on any atom is -0.326 e. The molecule has 1 aliphatic rings. The Labute approximate surface area is 97.4 Å². The van der Waals surface area contributed by atoms with E-state index in [0.717, 1.165) is 24.1 Å². The maximum atomic E-state index is 11.0. The first kappa shape index (κ1) is 12.5. The van der Waals surface area contributed by atoms with Crippen LogP contribution in [0.3, 0.4) is 0 Å². The number of carbonyl (C=O) groups is 1. The van der Waals surface area contributed by atoms with E-state index in [9.17, 15) is 4.79 Å². The Hall–Kier alpha value is -1.57. The van der Waals surface area contributed by atoms with Gasteiger partial charge < -0.3 is 5.32 Å². The van der Waals surface area contributed by atoms with Crippen molar-refractivity contribution in [1.29, 1.82) is 0 Å². The first-order valence-electron chi connectivity index (χ1n) is 5.83. The number of allylic oxidation sites excluding steroid dienone is 1. The molecule has 0 bridgehead atoms. The van der Waals surface area contributed by atoms with E-state index < -0.39 is 0 Å². The third-order valence-corrected chi connectivity index (χ3v) is 2.37. The highest BCUT2D eigenvalue weighted by atomic mass is 16.1. The monoisotopic (exact) mass is 217 g/mol. The van der Waals surface area contributed by atoms with Gasteiger partial charge in [0.15, 0.2) is 0 Å². The predicted octanol–water partition coefficient (Wildman–Crippen LogP) is 3.63. The summed E-state index contributed by atoms with van der Waals surface area (Å²) in [5, 5.41) is 2.84. The van der Waals surface area contributed by atoms with Crippen LogP contribution in [-0.2, 0) is 11.2 Å². The molecule has 1 aliphatic carbocycles. The van der Waals surface area contributed by atoms with Crippen LogP contribution in [0.4, 0.5) is 5.69 Å². The Morgan fingerprint density at radius 1 is 1.31 bits per heavy atom. The summed E-state index contributed by atoms with van der Waals surface area (Å²) in [7, 11) is 0. The van der Waals surface area contributed by atoms with Crippen molar-refractivity contribution >= 4 is 17.7 Å². The molecule has 86 valence electrons. The molecule has 1 aromatic rings. The highest BCUT2D eigenvalue weighted by Gasteiger charge is 2.08. The third kappa shape index (κ3) is 2.96. The van der Waals surface area contributed by atoms with Crippen LogP contribution in [0.1, 0.15) is 38.3 Å². The van der Waals surface area contributed by atoms with Crippen molar-refractivity contribution in [1.82, 2.24) is 0 Å². The summed E-state index contributed by atoms with van der Waals surface area (Å²) in [5.74, 6) is -0.0163. The van der Waals surface area contributed by atoms with E-state index in [2.05, 4.69) is 23.5 Å². The quantitative estimate of drug-likeness (QED) is 0.764. The molecule has 1 N–H and O–H groups in total. The number of amides is 1. The summed E-state index contributed by atoms with van der Waals surface area (Å²) >= 11 is 0. The molecule has 1 amide bonds. The summed E-state index contributed by atoms with van der Waals surface area (Å²) < 4.78 is 0. The number of aryl methyl sites for hydroxylation is 1. The Balaban J connectivity index is 0.000000606. The van der Waals surface area contributed by atoms with Crippen LogP contribution in [0.2, 0.25) is 0 Å². The summed E-state index contributed by atoms with van der Waals surface area (Å²) in [4.78, 5) is 11.0. The predicted molar refractivity (Wildman–Crippen MR) is 69.4 cm³/mol. The lowest BCUT2D eigenvalue weighted by molar-refractivity contribution is -0.114. The SMILES string of the molecule is CC.CC(=O)Nc1cccc2c1C=CCC2. The molecule has 0 aromatic heterocycles. The van der Waals surface area contributed by atoms with Gasteiger partial charge in [0.1, 0.15) is 0 Å². The lowest BCUT2D eigenvalue weighted by Crippen LogP contribution is -2.08. The van der Waals surface area contributed by atoms with Gasteiger partial charge in [0.25, 0.3) is 0 Å². The zero-order chi connectivity index (χ0) is 12.0. The highest BCUT2D eigenvalue weighted by Crippen LogP contribution is 2.26. The van der Waals surface area contributed by atoms with Crippen LogP contribution in [0.5, 0.6) is 0 Å². The van der Waals surface area contributed by atoms with Gasteiger partial charge in [-0.1, -0.05) is 38.1 Å². The van der Waals surface area contributed by atoms with E-state index in [4.69, 9.17) is 0 Å². The number of nitrogens with one attached hydrogen (secondary N) is 1. The molecule has 0 atom stereocenters. The van der Waals surface area contributed by atoms with Crippen molar-refractivity contribution in [2.24, 2.45) is 0 Å². The van der Waals surface area contributed by atoms with Crippen LogP contribution in [0, 0.1) is 0 Å². The second-order valence-electron chi connectivity index (χ2n) is 3.50. The van der Waals surface area contributed by atoms with Crippen LogP contribution >= 0.6 is 0 Å². The lowest BCUT2D eigenvalue weighted by Gasteiger charge is -2.14.